The van der Waals surface area contributed by atoms with E-state index in [2.05, 4.69) is 5.32 Å². The number of hydrogen-bond acceptors (Lipinski definition) is 3. The zero-order chi connectivity index (χ0) is 10.6. The summed E-state index contributed by atoms with van der Waals surface area (Å²) >= 11 is 11.4. The lowest BCUT2D eigenvalue weighted by Gasteiger charge is -2.05. The molecule has 0 aliphatic carbocycles. The van der Waals surface area contributed by atoms with Crippen LogP contribution in [0.3, 0.4) is 0 Å². The fourth-order valence-electron chi connectivity index (χ4n) is 0.878. The van der Waals surface area contributed by atoms with E-state index in [0.717, 1.165) is 0 Å². The molecule has 1 aromatic carbocycles. The molecular formula is C8H8Cl2N2O2. The molecule has 6 heteroatoms. The van der Waals surface area contributed by atoms with E-state index >= 15 is 0 Å². The Bertz CT molecular complexity index is 324. The smallest absolute Gasteiger partial charge is 0.262 e. The number of anilines is 1. The van der Waals surface area contributed by atoms with E-state index in [1.807, 2.05) is 0 Å². The summed E-state index contributed by atoms with van der Waals surface area (Å²) in [6.07, 6.45) is 0. The summed E-state index contributed by atoms with van der Waals surface area (Å²) in [5.74, 6) is -0.541. The van der Waals surface area contributed by atoms with Crippen LogP contribution in [0.4, 0.5) is 5.69 Å². The minimum Gasteiger partial charge on any atom is -0.376 e. The van der Waals surface area contributed by atoms with Gasteiger partial charge in [-0.05, 0) is 18.2 Å². The van der Waals surface area contributed by atoms with E-state index in [-0.39, 0.29) is 6.54 Å². The monoisotopic (exact) mass is 234 g/mol. The molecule has 0 atom stereocenters. The first-order chi connectivity index (χ1) is 6.61. The summed E-state index contributed by atoms with van der Waals surface area (Å²) in [7, 11) is 0. The minimum absolute atomic E-state index is 0.0484. The zero-order valence-electron chi connectivity index (χ0n) is 7.05. The molecule has 0 unspecified atom stereocenters. The molecule has 14 heavy (non-hydrogen) atoms. The standard InChI is InChI=1S/C8H8Cl2N2O2/c9-5-1-6(10)3-7(2-5)11-4-8(13)12-14/h1-3,11,14H,4H2,(H,12,13). The van der Waals surface area contributed by atoms with Crippen LogP contribution in [-0.2, 0) is 4.79 Å². The van der Waals surface area contributed by atoms with Crippen LogP contribution in [0, 0.1) is 0 Å². The SMILES string of the molecule is O=C(CNc1cc(Cl)cc(Cl)c1)NO. The van der Waals surface area contributed by atoms with Crippen molar-refractivity contribution in [3.8, 4) is 0 Å². The Morgan fingerprint density at radius 3 is 2.36 bits per heavy atom. The third kappa shape index (κ3) is 3.41. The van der Waals surface area contributed by atoms with Crippen molar-refractivity contribution >= 4 is 34.8 Å². The summed E-state index contributed by atoms with van der Waals surface area (Å²) in [5, 5.41) is 11.9. The first-order valence-electron chi connectivity index (χ1n) is 3.74. The van der Waals surface area contributed by atoms with Crippen LogP contribution >= 0.6 is 23.2 Å². The number of carbonyl (C=O) groups excluding carboxylic acids is 1. The quantitative estimate of drug-likeness (QED) is 0.554. The average molecular weight is 235 g/mol. The maximum absolute atomic E-state index is 10.7. The number of hydrogen-bond donors (Lipinski definition) is 3. The van der Waals surface area contributed by atoms with Gasteiger partial charge in [0.1, 0.15) is 0 Å². The van der Waals surface area contributed by atoms with Gasteiger partial charge in [-0.15, -0.1) is 0 Å². The molecular weight excluding hydrogens is 227 g/mol. The lowest BCUT2D eigenvalue weighted by molar-refractivity contribution is -0.127. The van der Waals surface area contributed by atoms with Crippen molar-refractivity contribution in [3.63, 3.8) is 0 Å². The predicted molar refractivity (Wildman–Crippen MR) is 54.9 cm³/mol. The Morgan fingerprint density at radius 1 is 1.29 bits per heavy atom. The highest BCUT2D eigenvalue weighted by Gasteiger charge is 2.00. The number of halogens is 2. The van der Waals surface area contributed by atoms with Crippen LogP contribution in [0.15, 0.2) is 18.2 Å². The first kappa shape index (κ1) is 11.1. The van der Waals surface area contributed by atoms with E-state index in [1.54, 1.807) is 18.2 Å². The maximum Gasteiger partial charge on any atom is 0.262 e. The van der Waals surface area contributed by atoms with E-state index in [4.69, 9.17) is 28.4 Å². The molecule has 0 bridgehead atoms. The molecule has 3 N–H and O–H groups in total. The Kier molecular flexibility index (Phi) is 4.00. The normalized spacial score (nSPS) is 9.64. The highest BCUT2D eigenvalue weighted by atomic mass is 35.5. The predicted octanol–water partition coefficient (Wildman–Crippen LogP) is 1.91. The Hall–Kier alpha value is -0.970. The maximum atomic E-state index is 10.7. The highest BCUT2D eigenvalue weighted by molar-refractivity contribution is 6.35. The Balaban J connectivity index is 2.63. The fraction of sp³-hybridized carbons (Fsp3) is 0.125. The van der Waals surface area contributed by atoms with Crippen LogP contribution in [0.1, 0.15) is 0 Å². The number of hydroxylamine groups is 1. The van der Waals surface area contributed by atoms with Gasteiger partial charge < -0.3 is 5.32 Å². The molecule has 0 aliphatic rings. The molecule has 0 spiro atoms. The third-order valence-corrected chi connectivity index (χ3v) is 1.88. The molecule has 0 aliphatic heterocycles. The molecule has 1 aromatic rings. The molecule has 1 amide bonds. The molecule has 0 aromatic heterocycles. The lowest BCUT2D eigenvalue weighted by Crippen LogP contribution is -2.26. The third-order valence-electron chi connectivity index (χ3n) is 1.44. The summed E-state index contributed by atoms with van der Waals surface area (Å²) in [5.41, 5.74) is 2.11. The van der Waals surface area contributed by atoms with Gasteiger partial charge in [-0.3, -0.25) is 10.0 Å². The van der Waals surface area contributed by atoms with Gasteiger partial charge in [-0.1, -0.05) is 23.2 Å². The second-order valence-electron chi connectivity index (χ2n) is 2.55. The molecule has 0 fully saturated rings. The second-order valence-corrected chi connectivity index (χ2v) is 3.42. The second kappa shape index (κ2) is 5.05. The average Bonchev–Trinajstić information content (AvgIpc) is 2.12. The summed E-state index contributed by atoms with van der Waals surface area (Å²) in [4.78, 5) is 10.7. The van der Waals surface area contributed by atoms with Gasteiger partial charge in [-0.25, -0.2) is 5.48 Å². The first-order valence-corrected chi connectivity index (χ1v) is 4.50. The van der Waals surface area contributed by atoms with Crippen molar-refractivity contribution < 1.29 is 10.0 Å². The summed E-state index contributed by atoms with van der Waals surface area (Å²) in [6, 6.07) is 4.83. The van der Waals surface area contributed by atoms with E-state index in [0.29, 0.717) is 15.7 Å². The summed E-state index contributed by atoms with van der Waals surface area (Å²) in [6.45, 7) is -0.0484. The van der Waals surface area contributed by atoms with Crippen LogP contribution in [0.5, 0.6) is 0 Å². The zero-order valence-corrected chi connectivity index (χ0v) is 8.56. The van der Waals surface area contributed by atoms with Crippen molar-refractivity contribution in [1.29, 1.82) is 0 Å². The van der Waals surface area contributed by atoms with Crippen molar-refractivity contribution in [2.24, 2.45) is 0 Å². The Morgan fingerprint density at radius 2 is 1.86 bits per heavy atom. The fourth-order valence-corrected chi connectivity index (χ4v) is 1.40. The number of carbonyl (C=O) groups is 1. The highest BCUT2D eigenvalue weighted by Crippen LogP contribution is 2.22. The Labute approximate surface area is 90.8 Å². The van der Waals surface area contributed by atoms with Crippen LogP contribution < -0.4 is 10.8 Å². The van der Waals surface area contributed by atoms with Gasteiger partial charge in [0.05, 0.1) is 6.54 Å². The van der Waals surface area contributed by atoms with Crippen LogP contribution in [0.25, 0.3) is 0 Å². The largest absolute Gasteiger partial charge is 0.376 e. The topological polar surface area (TPSA) is 61.4 Å². The van der Waals surface area contributed by atoms with E-state index in [9.17, 15) is 4.79 Å². The van der Waals surface area contributed by atoms with Crippen LogP contribution in [0.2, 0.25) is 10.0 Å². The molecule has 1 rings (SSSR count). The van der Waals surface area contributed by atoms with Gasteiger partial charge in [0.2, 0.25) is 0 Å². The number of amides is 1. The van der Waals surface area contributed by atoms with E-state index < -0.39 is 5.91 Å². The van der Waals surface area contributed by atoms with Crippen LogP contribution in [-0.4, -0.2) is 17.7 Å². The van der Waals surface area contributed by atoms with Gasteiger partial charge in [0, 0.05) is 15.7 Å². The molecule has 0 saturated carbocycles. The molecule has 0 heterocycles. The molecule has 76 valence electrons. The molecule has 0 saturated heterocycles. The summed E-state index contributed by atoms with van der Waals surface area (Å²) < 4.78 is 0. The van der Waals surface area contributed by atoms with Gasteiger partial charge >= 0.3 is 0 Å². The van der Waals surface area contributed by atoms with E-state index in [1.165, 1.54) is 5.48 Å². The van der Waals surface area contributed by atoms with Gasteiger partial charge in [0.15, 0.2) is 0 Å². The number of benzene rings is 1. The van der Waals surface area contributed by atoms with Crippen molar-refractivity contribution in [3.05, 3.63) is 28.2 Å². The molecule has 4 nitrogen and oxygen atoms in total. The number of rotatable bonds is 3. The van der Waals surface area contributed by atoms with Gasteiger partial charge in [0.25, 0.3) is 5.91 Å². The minimum atomic E-state index is -0.541. The van der Waals surface area contributed by atoms with Gasteiger partial charge in [-0.2, -0.15) is 0 Å². The van der Waals surface area contributed by atoms with Crippen molar-refractivity contribution in [2.45, 2.75) is 0 Å². The lowest BCUT2D eigenvalue weighted by atomic mass is 10.3. The number of nitrogens with one attached hydrogen (secondary N) is 2. The van der Waals surface area contributed by atoms with Crippen molar-refractivity contribution in [2.75, 3.05) is 11.9 Å². The van der Waals surface area contributed by atoms with Crippen molar-refractivity contribution in [1.82, 2.24) is 5.48 Å². The molecule has 0 radical (unpaired) electrons.